The fourth-order valence-corrected chi connectivity index (χ4v) is 3.53. The van der Waals surface area contributed by atoms with E-state index in [1.165, 1.54) is 0 Å². The fraction of sp³-hybridized carbons (Fsp3) is 0.400. The number of ether oxygens (including phenoxy) is 1. The highest BCUT2D eigenvalue weighted by Crippen LogP contribution is 2.31. The van der Waals surface area contributed by atoms with Gasteiger partial charge in [-0.25, -0.2) is 9.78 Å². The molecule has 1 aliphatic rings. The number of carboxylic acids is 1. The molecule has 2 aromatic rings. The van der Waals surface area contributed by atoms with Crippen LogP contribution in [-0.4, -0.2) is 53.3 Å². The summed E-state index contributed by atoms with van der Waals surface area (Å²) >= 11 is 1.55. The number of para-hydroxylation sites is 1. The summed E-state index contributed by atoms with van der Waals surface area (Å²) < 4.78 is 6.58. The van der Waals surface area contributed by atoms with Gasteiger partial charge in [0.15, 0.2) is 0 Å². The number of nitrogens with one attached hydrogen (secondary N) is 1. The fourth-order valence-electron chi connectivity index (χ4n) is 2.46. The van der Waals surface area contributed by atoms with Crippen molar-refractivity contribution in [1.82, 2.24) is 15.2 Å². The summed E-state index contributed by atoms with van der Waals surface area (Å²) in [5.41, 5.74) is 0.907. The zero-order chi connectivity index (χ0) is 16.2. The van der Waals surface area contributed by atoms with Gasteiger partial charge in [-0.2, -0.15) is 0 Å². The molecule has 1 fully saturated rings. The summed E-state index contributed by atoms with van der Waals surface area (Å²) in [6.07, 6.45) is -0.0954. The van der Waals surface area contributed by atoms with E-state index in [0.717, 1.165) is 15.2 Å². The Labute approximate surface area is 136 Å². The van der Waals surface area contributed by atoms with Crippen LogP contribution in [0.3, 0.4) is 0 Å². The molecule has 23 heavy (non-hydrogen) atoms. The monoisotopic (exact) mass is 335 g/mol. The van der Waals surface area contributed by atoms with Crippen LogP contribution in [0.1, 0.15) is 17.5 Å². The molecule has 8 heteroatoms. The molecule has 1 aliphatic heterocycles. The summed E-state index contributed by atoms with van der Waals surface area (Å²) in [6, 6.07) is 7.30. The lowest BCUT2D eigenvalue weighted by atomic mass is 10.2. The van der Waals surface area contributed by atoms with Crippen molar-refractivity contribution in [1.29, 1.82) is 0 Å². The third-order valence-corrected chi connectivity index (χ3v) is 4.74. The second kappa shape index (κ2) is 6.93. The van der Waals surface area contributed by atoms with Crippen LogP contribution in [0.2, 0.25) is 0 Å². The van der Waals surface area contributed by atoms with Crippen molar-refractivity contribution < 1.29 is 19.4 Å². The molecule has 0 aliphatic carbocycles. The Morgan fingerprint density at radius 2 is 2.26 bits per heavy atom. The Balaban J connectivity index is 1.75. The molecule has 1 atom stereocenters. The number of aromatic nitrogens is 1. The molecule has 0 spiro atoms. The molecule has 1 aromatic heterocycles. The van der Waals surface area contributed by atoms with Crippen molar-refractivity contribution in [3.63, 3.8) is 0 Å². The van der Waals surface area contributed by atoms with Crippen LogP contribution < -0.4 is 5.32 Å². The van der Waals surface area contributed by atoms with Crippen molar-refractivity contribution in [3.05, 3.63) is 29.3 Å². The molecule has 1 saturated heterocycles. The van der Waals surface area contributed by atoms with Crippen LogP contribution in [-0.2, 0) is 9.53 Å². The lowest BCUT2D eigenvalue weighted by Gasteiger charge is -2.34. The Hall–Kier alpha value is -2.19. The Morgan fingerprint density at radius 1 is 1.43 bits per heavy atom. The highest BCUT2D eigenvalue weighted by molar-refractivity contribution is 7.18. The van der Waals surface area contributed by atoms with Crippen LogP contribution >= 0.6 is 11.3 Å². The number of carbonyl (C=O) groups is 2. The highest BCUT2D eigenvalue weighted by atomic mass is 32.1. The number of fused-ring (bicyclic) bond motifs is 1. The summed E-state index contributed by atoms with van der Waals surface area (Å²) in [5, 5.41) is 12.1. The number of thiazole rings is 1. The second-order valence-electron chi connectivity index (χ2n) is 5.18. The first-order valence-electron chi connectivity index (χ1n) is 7.34. The van der Waals surface area contributed by atoms with E-state index < -0.39 is 5.97 Å². The number of rotatable bonds is 4. The normalized spacial score (nSPS) is 18.1. The zero-order valence-corrected chi connectivity index (χ0v) is 13.2. The van der Waals surface area contributed by atoms with Crippen molar-refractivity contribution in [3.8, 4) is 0 Å². The van der Waals surface area contributed by atoms with Crippen LogP contribution in [0.5, 0.6) is 0 Å². The molecule has 0 bridgehead atoms. The molecular weight excluding hydrogens is 318 g/mol. The standard InChI is InChI=1S/C15H17N3O4S/c19-13(20)5-6-16-15(21)18-7-8-22-9-11(18)14-17-10-3-1-2-4-12(10)23-14/h1-4,11H,5-9H2,(H,16,21)(H,19,20). The van der Waals surface area contributed by atoms with Gasteiger partial charge < -0.3 is 20.1 Å². The van der Waals surface area contributed by atoms with Crippen LogP contribution in [0.4, 0.5) is 4.79 Å². The largest absolute Gasteiger partial charge is 0.481 e. The van der Waals surface area contributed by atoms with E-state index in [0.29, 0.717) is 19.8 Å². The van der Waals surface area contributed by atoms with Gasteiger partial charge in [0.2, 0.25) is 0 Å². The number of urea groups is 1. The molecule has 0 saturated carbocycles. The quantitative estimate of drug-likeness (QED) is 0.890. The van der Waals surface area contributed by atoms with Gasteiger partial charge in [-0.3, -0.25) is 4.79 Å². The Kier molecular flexibility index (Phi) is 4.73. The Morgan fingerprint density at radius 3 is 3.04 bits per heavy atom. The summed E-state index contributed by atoms with van der Waals surface area (Å²) in [4.78, 5) is 29.1. The predicted molar refractivity (Wildman–Crippen MR) is 85.5 cm³/mol. The van der Waals surface area contributed by atoms with E-state index in [-0.39, 0.29) is 25.0 Å². The van der Waals surface area contributed by atoms with Crippen molar-refractivity contribution >= 4 is 33.6 Å². The van der Waals surface area contributed by atoms with Gasteiger partial charge >= 0.3 is 12.0 Å². The minimum absolute atomic E-state index is 0.0954. The summed E-state index contributed by atoms with van der Waals surface area (Å²) in [7, 11) is 0. The molecular formula is C15H17N3O4S. The van der Waals surface area contributed by atoms with E-state index in [1.807, 2.05) is 24.3 Å². The number of aliphatic carboxylic acids is 1. The minimum Gasteiger partial charge on any atom is -0.481 e. The third kappa shape index (κ3) is 3.59. The lowest BCUT2D eigenvalue weighted by molar-refractivity contribution is -0.136. The highest BCUT2D eigenvalue weighted by Gasteiger charge is 2.31. The number of carbonyl (C=O) groups excluding carboxylic acids is 1. The first kappa shape index (κ1) is 15.7. The van der Waals surface area contributed by atoms with E-state index >= 15 is 0 Å². The van der Waals surface area contributed by atoms with E-state index in [9.17, 15) is 9.59 Å². The zero-order valence-electron chi connectivity index (χ0n) is 12.4. The number of hydrogen-bond acceptors (Lipinski definition) is 5. The molecule has 1 unspecified atom stereocenters. The molecule has 3 rings (SSSR count). The summed E-state index contributed by atoms with van der Waals surface area (Å²) in [6.45, 7) is 1.43. The number of benzene rings is 1. The molecule has 2 N–H and O–H groups in total. The molecule has 7 nitrogen and oxygen atoms in total. The summed E-state index contributed by atoms with van der Waals surface area (Å²) in [5.74, 6) is -0.935. The average Bonchev–Trinajstić information content (AvgIpc) is 2.98. The van der Waals surface area contributed by atoms with Gasteiger partial charge in [-0.15, -0.1) is 11.3 Å². The maximum Gasteiger partial charge on any atom is 0.318 e. The minimum atomic E-state index is -0.935. The lowest BCUT2D eigenvalue weighted by Crippen LogP contribution is -2.48. The smallest absolute Gasteiger partial charge is 0.318 e. The number of carboxylic acid groups (broad SMARTS) is 1. The van der Waals surface area contributed by atoms with Crippen LogP contribution in [0, 0.1) is 0 Å². The Bertz CT molecular complexity index is 685. The van der Waals surface area contributed by atoms with Crippen molar-refractivity contribution in [2.24, 2.45) is 0 Å². The molecule has 122 valence electrons. The van der Waals surface area contributed by atoms with Gasteiger partial charge in [0.1, 0.15) is 11.0 Å². The van der Waals surface area contributed by atoms with Crippen molar-refractivity contribution in [2.75, 3.05) is 26.3 Å². The maximum atomic E-state index is 12.3. The van der Waals surface area contributed by atoms with Gasteiger partial charge in [-0.05, 0) is 12.1 Å². The van der Waals surface area contributed by atoms with Crippen LogP contribution in [0.25, 0.3) is 10.2 Å². The van der Waals surface area contributed by atoms with Gasteiger partial charge in [0, 0.05) is 13.1 Å². The maximum absolute atomic E-state index is 12.3. The van der Waals surface area contributed by atoms with E-state index in [1.54, 1.807) is 16.2 Å². The number of hydrogen-bond donors (Lipinski definition) is 2. The number of nitrogens with zero attached hydrogens (tertiary/aromatic N) is 2. The van der Waals surface area contributed by atoms with Crippen molar-refractivity contribution in [2.45, 2.75) is 12.5 Å². The first-order valence-corrected chi connectivity index (χ1v) is 8.16. The predicted octanol–water partition coefficient (Wildman–Crippen LogP) is 1.85. The van der Waals surface area contributed by atoms with Gasteiger partial charge in [0.25, 0.3) is 0 Å². The first-order chi connectivity index (χ1) is 11.1. The third-order valence-electron chi connectivity index (χ3n) is 3.60. The van der Waals surface area contributed by atoms with E-state index in [2.05, 4.69) is 10.3 Å². The molecule has 1 aromatic carbocycles. The number of amides is 2. The van der Waals surface area contributed by atoms with E-state index in [4.69, 9.17) is 9.84 Å². The number of morpholine rings is 1. The van der Waals surface area contributed by atoms with Gasteiger partial charge in [0.05, 0.1) is 29.9 Å². The SMILES string of the molecule is O=C(O)CCNC(=O)N1CCOCC1c1nc2ccccc2s1. The molecule has 2 heterocycles. The average molecular weight is 335 g/mol. The van der Waals surface area contributed by atoms with Gasteiger partial charge in [-0.1, -0.05) is 12.1 Å². The molecule has 2 amide bonds. The second-order valence-corrected chi connectivity index (χ2v) is 6.24. The topological polar surface area (TPSA) is 91.8 Å². The molecule has 0 radical (unpaired) electrons. The van der Waals surface area contributed by atoms with Crippen LogP contribution in [0.15, 0.2) is 24.3 Å².